The summed E-state index contributed by atoms with van der Waals surface area (Å²) in [7, 11) is 0. The average Bonchev–Trinajstić information content (AvgIpc) is 3.26. The Morgan fingerprint density at radius 2 is 1.96 bits per heavy atom. The topological polar surface area (TPSA) is 69.3 Å². The number of hydrogen-bond acceptors (Lipinski definition) is 5. The van der Waals surface area contributed by atoms with Crippen LogP contribution in [0.15, 0.2) is 54.9 Å². The lowest BCUT2D eigenvalue weighted by molar-refractivity contribution is -0.125. The Labute approximate surface area is 166 Å². The van der Waals surface area contributed by atoms with Crippen molar-refractivity contribution in [2.45, 2.75) is 31.3 Å². The van der Waals surface area contributed by atoms with Crippen LogP contribution in [-0.4, -0.2) is 42.0 Å². The Bertz CT molecular complexity index is 748. The lowest BCUT2D eigenvalue weighted by Crippen LogP contribution is -2.43. The van der Waals surface area contributed by atoms with Crippen molar-refractivity contribution in [2.75, 3.05) is 26.2 Å². The smallest absolute Gasteiger partial charge is 0.226 e. The second kappa shape index (κ2) is 9.28. The molecule has 3 N–H and O–H groups in total. The van der Waals surface area contributed by atoms with Crippen LogP contribution >= 0.6 is 0 Å². The minimum absolute atomic E-state index is 0.00645. The van der Waals surface area contributed by atoms with Crippen molar-refractivity contribution >= 4 is 5.91 Å². The average molecular weight is 380 g/mol. The molecule has 0 spiro atoms. The molecule has 0 saturated carbocycles. The third kappa shape index (κ3) is 4.41. The van der Waals surface area contributed by atoms with Gasteiger partial charge in [-0.2, -0.15) is 0 Å². The van der Waals surface area contributed by atoms with Gasteiger partial charge in [0, 0.05) is 25.5 Å². The van der Waals surface area contributed by atoms with Crippen LogP contribution in [0.25, 0.3) is 0 Å². The van der Waals surface area contributed by atoms with E-state index in [1.807, 2.05) is 30.5 Å². The summed E-state index contributed by atoms with van der Waals surface area (Å²) in [5.74, 6) is -0.0319. The molecule has 6 heteroatoms. The van der Waals surface area contributed by atoms with Crippen molar-refractivity contribution in [2.24, 2.45) is 5.92 Å². The highest BCUT2D eigenvalue weighted by molar-refractivity contribution is 5.80. The Morgan fingerprint density at radius 1 is 1.14 bits per heavy atom. The number of hydrazine groups is 1. The fourth-order valence-corrected chi connectivity index (χ4v) is 4.31. The van der Waals surface area contributed by atoms with E-state index in [0.29, 0.717) is 13.1 Å². The molecule has 0 bridgehead atoms. The van der Waals surface area contributed by atoms with E-state index >= 15 is 0 Å². The van der Waals surface area contributed by atoms with Gasteiger partial charge in [-0.1, -0.05) is 42.8 Å². The maximum Gasteiger partial charge on any atom is 0.226 e. The zero-order valence-corrected chi connectivity index (χ0v) is 16.2. The van der Waals surface area contributed by atoms with E-state index in [1.54, 1.807) is 6.20 Å². The molecule has 1 amide bonds. The molecule has 3 atom stereocenters. The van der Waals surface area contributed by atoms with E-state index < -0.39 is 0 Å². The molecule has 1 aromatic carbocycles. The molecule has 148 valence electrons. The molecule has 2 fully saturated rings. The van der Waals surface area contributed by atoms with E-state index in [9.17, 15) is 4.79 Å². The van der Waals surface area contributed by atoms with Crippen LogP contribution in [-0.2, 0) is 4.79 Å². The molecular weight excluding hydrogens is 350 g/mol. The number of rotatable bonds is 6. The number of nitrogens with one attached hydrogen (secondary N) is 3. The second-order valence-electron chi connectivity index (χ2n) is 7.66. The van der Waals surface area contributed by atoms with E-state index in [1.165, 1.54) is 24.8 Å². The molecule has 2 aliphatic heterocycles. The fraction of sp³-hybridized carbons (Fsp3) is 0.455. The second-order valence-corrected chi connectivity index (χ2v) is 7.66. The predicted molar refractivity (Wildman–Crippen MR) is 109 cm³/mol. The first-order chi connectivity index (χ1) is 13.8. The molecule has 1 aromatic heterocycles. The van der Waals surface area contributed by atoms with Crippen molar-refractivity contribution in [3.8, 4) is 0 Å². The number of benzene rings is 1. The largest absolute Gasteiger partial charge is 0.354 e. The molecule has 2 aliphatic rings. The van der Waals surface area contributed by atoms with Crippen molar-refractivity contribution in [1.29, 1.82) is 0 Å². The quantitative estimate of drug-likeness (QED) is 0.718. The van der Waals surface area contributed by atoms with Crippen LogP contribution in [0, 0.1) is 5.92 Å². The number of carbonyl (C=O) groups excluding carboxylic acids is 1. The van der Waals surface area contributed by atoms with Crippen molar-refractivity contribution in [3.63, 3.8) is 0 Å². The third-order valence-electron chi connectivity index (χ3n) is 5.85. The van der Waals surface area contributed by atoms with Crippen molar-refractivity contribution in [1.82, 2.24) is 26.1 Å². The Morgan fingerprint density at radius 3 is 2.71 bits per heavy atom. The van der Waals surface area contributed by atoms with Gasteiger partial charge in [0.25, 0.3) is 0 Å². The molecule has 2 aromatic rings. The highest BCUT2D eigenvalue weighted by atomic mass is 16.2. The number of piperidine rings is 1. The Kier molecular flexibility index (Phi) is 6.31. The monoisotopic (exact) mass is 379 g/mol. The van der Waals surface area contributed by atoms with Crippen LogP contribution in [0.3, 0.4) is 0 Å². The predicted octanol–water partition coefficient (Wildman–Crippen LogP) is 2.19. The zero-order chi connectivity index (χ0) is 19.2. The summed E-state index contributed by atoms with van der Waals surface area (Å²) in [6, 6.07) is 14.4. The molecule has 3 unspecified atom stereocenters. The van der Waals surface area contributed by atoms with Crippen molar-refractivity contribution < 1.29 is 4.79 Å². The summed E-state index contributed by atoms with van der Waals surface area (Å²) in [6.07, 6.45) is 7.46. The molecule has 0 radical (unpaired) electrons. The molecule has 2 saturated heterocycles. The van der Waals surface area contributed by atoms with E-state index in [0.717, 1.165) is 18.7 Å². The first-order valence-corrected chi connectivity index (χ1v) is 10.3. The van der Waals surface area contributed by atoms with Gasteiger partial charge in [-0.15, -0.1) is 0 Å². The molecular formula is C22H29N5O. The van der Waals surface area contributed by atoms with Crippen molar-refractivity contribution in [3.05, 3.63) is 66.0 Å². The van der Waals surface area contributed by atoms with E-state index in [2.05, 4.69) is 44.3 Å². The van der Waals surface area contributed by atoms with Gasteiger partial charge in [-0.25, -0.2) is 5.43 Å². The van der Waals surface area contributed by atoms with Crippen LogP contribution in [0.5, 0.6) is 0 Å². The number of nitrogens with zero attached hydrogens (tertiary/aromatic N) is 2. The van der Waals surface area contributed by atoms with Gasteiger partial charge >= 0.3 is 0 Å². The van der Waals surface area contributed by atoms with Gasteiger partial charge in [0.1, 0.15) is 0 Å². The first kappa shape index (κ1) is 19.1. The van der Waals surface area contributed by atoms with Gasteiger partial charge in [0.05, 0.1) is 18.0 Å². The zero-order valence-electron chi connectivity index (χ0n) is 16.2. The molecule has 28 heavy (non-hydrogen) atoms. The highest BCUT2D eigenvalue weighted by Crippen LogP contribution is 2.26. The summed E-state index contributed by atoms with van der Waals surface area (Å²) in [5.41, 5.74) is 8.71. The van der Waals surface area contributed by atoms with E-state index in [4.69, 9.17) is 0 Å². The summed E-state index contributed by atoms with van der Waals surface area (Å²) >= 11 is 0. The molecule has 4 rings (SSSR count). The fourth-order valence-electron chi connectivity index (χ4n) is 4.31. The summed E-state index contributed by atoms with van der Waals surface area (Å²) < 4.78 is 0. The minimum Gasteiger partial charge on any atom is -0.354 e. The minimum atomic E-state index is -0.127. The summed E-state index contributed by atoms with van der Waals surface area (Å²) in [5, 5.41) is 3.23. The maximum absolute atomic E-state index is 13.0. The number of hydrogen-bond donors (Lipinski definition) is 3. The van der Waals surface area contributed by atoms with E-state index in [-0.39, 0.29) is 23.9 Å². The maximum atomic E-state index is 13.0. The van der Waals surface area contributed by atoms with Crippen LogP contribution in [0.1, 0.15) is 42.5 Å². The number of carbonyl (C=O) groups is 1. The van der Waals surface area contributed by atoms with Crippen LogP contribution in [0.2, 0.25) is 0 Å². The van der Waals surface area contributed by atoms with Crippen LogP contribution in [0.4, 0.5) is 0 Å². The lowest BCUT2D eigenvalue weighted by Gasteiger charge is -2.35. The number of likely N-dealkylation sites (tertiary alicyclic amines) is 1. The number of amides is 1. The molecule has 3 heterocycles. The highest BCUT2D eigenvalue weighted by Gasteiger charge is 2.34. The van der Waals surface area contributed by atoms with Crippen LogP contribution < -0.4 is 16.2 Å². The summed E-state index contributed by atoms with van der Waals surface area (Å²) in [6.45, 7) is 3.40. The Balaban J connectivity index is 1.43. The molecule has 6 nitrogen and oxygen atoms in total. The number of aromatic nitrogens is 1. The normalized spacial score (nSPS) is 24.0. The lowest BCUT2D eigenvalue weighted by atomic mass is 9.94. The van der Waals surface area contributed by atoms with Gasteiger partial charge in [0.15, 0.2) is 0 Å². The van der Waals surface area contributed by atoms with Gasteiger partial charge in [0.2, 0.25) is 5.91 Å². The van der Waals surface area contributed by atoms with Gasteiger partial charge in [-0.3, -0.25) is 20.1 Å². The SMILES string of the molecule is O=C(NCC(c1cccnc1)N1CCCCC1)C1CNNC1c1ccccc1. The standard InChI is InChI=1S/C22H29N5O/c28-22(19-15-25-26-21(19)17-8-3-1-4-9-17)24-16-20(18-10-7-11-23-14-18)27-12-5-2-6-13-27/h1,3-4,7-11,14,19-21,25-26H,2,5-6,12-13,15-16H2,(H,24,28). The number of pyridine rings is 1. The summed E-state index contributed by atoms with van der Waals surface area (Å²) in [4.78, 5) is 19.8. The first-order valence-electron chi connectivity index (χ1n) is 10.3. The van der Waals surface area contributed by atoms with Gasteiger partial charge < -0.3 is 5.32 Å². The van der Waals surface area contributed by atoms with Gasteiger partial charge in [-0.05, 0) is 43.1 Å². The third-order valence-corrected chi connectivity index (χ3v) is 5.85. The Hall–Kier alpha value is -2.28. The molecule has 0 aliphatic carbocycles.